The standard InChI is InChI=1S/C18H14FN5OS2/c1-2-26-18-22-17(27-23-18)21-16(25)12(11-20)10-15-4-3-9-24(15)14-7-5-13(19)6-8-14/h3-10H,2H2,1H3,(H,21,22,23,25)/b12-10-. The second-order valence-electron chi connectivity index (χ2n) is 5.22. The van der Waals surface area contributed by atoms with Crippen LogP contribution < -0.4 is 5.32 Å². The molecule has 0 aliphatic carbocycles. The Hall–Kier alpha value is -2.96. The van der Waals surface area contributed by atoms with Gasteiger partial charge in [0.15, 0.2) is 0 Å². The van der Waals surface area contributed by atoms with Crippen molar-refractivity contribution in [3.05, 3.63) is 59.7 Å². The molecule has 1 N–H and O–H groups in total. The van der Waals surface area contributed by atoms with Gasteiger partial charge in [-0.2, -0.15) is 14.6 Å². The van der Waals surface area contributed by atoms with Crippen molar-refractivity contribution in [1.82, 2.24) is 13.9 Å². The van der Waals surface area contributed by atoms with Gasteiger partial charge in [0.25, 0.3) is 5.91 Å². The average molecular weight is 399 g/mol. The van der Waals surface area contributed by atoms with Gasteiger partial charge in [-0.15, -0.1) is 0 Å². The number of thioether (sulfide) groups is 1. The van der Waals surface area contributed by atoms with E-state index < -0.39 is 5.91 Å². The highest BCUT2D eigenvalue weighted by Gasteiger charge is 2.14. The fraction of sp³-hybridized carbons (Fsp3) is 0.111. The zero-order chi connectivity index (χ0) is 19.2. The quantitative estimate of drug-likeness (QED) is 0.383. The molecule has 9 heteroatoms. The molecule has 0 bridgehead atoms. The van der Waals surface area contributed by atoms with E-state index in [1.807, 2.05) is 13.0 Å². The fourth-order valence-electron chi connectivity index (χ4n) is 2.26. The molecule has 2 heterocycles. The topological polar surface area (TPSA) is 83.6 Å². The largest absolute Gasteiger partial charge is 0.317 e. The summed E-state index contributed by atoms with van der Waals surface area (Å²) >= 11 is 2.53. The van der Waals surface area contributed by atoms with Crippen LogP contribution in [-0.2, 0) is 4.79 Å². The Morgan fingerprint density at radius 1 is 1.41 bits per heavy atom. The van der Waals surface area contributed by atoms with Gasteiger partial charge in [-0.05, 0) is 48.2 Å². The van der Waals surface area contributed by atoms with Gasteiger partial charge in [0.05, 0.1) is 0 Å². The van der Waals surface area contributed by atoms with Crippen LogP contribution in [0.15, 0.2) is 53.3 Å². The molecule has 27 heavy (non-hydrogen) atoms. The van der Waals surface area contributed by atoms with Gasteiger partial charge in [-0.1, -0.05) is 18.7 Å². The summed E-state index contributed by atoms with van der Waals surface area (Å²) in [6.07, 6.45) is 3.24. The van der Waals surface area contributed by atoms with E-state index in [4.69, 9.17) is 0 Å². The minimum atomic E-state index is -0.562. The normalized spacial score (nSPS) is 11.2. The molecule has 0 unspecified atom stereocenters. The first-order valence-corrected chi connectivity index (χ1v) is 9.69. The van der Waals surface area contributed by atoms with Crippen LogP contribution in [0.3, 0.4) is 0 Å². The van der Waals surface area contributed by atoms with E-state index in [1.54, 1.807) is 35.0 Å². The van der Waals surface area contributed by atoms with Gasteiger partial charge in [-0.3, -0.25) is 10.1 Å². The molecule has 1 amide bonds. The van der Waals surface area contributed by atoms with Crippen LogP contribution in [0.25, 0.3) is 11.8 Å². The molecule has 0 aliphatic heterocycles. The zero-order valence-electron chi connectivity index (χ0n) is 14.2. The number of benzene rings is 1. The predicted molar refractivity (Wildman–Crippen MR) is 104 cm³/mol. The van der Waals surface area contributed by atoms with Crippen LogP contribution in [0.4, 0.5) is 9.52 Å². The monoisotopic (exact) mass is 399 g/mol. The van der Waals surface area contributed by atoms with Crippen molar-refractivity contribution in [1.29, 1.82) is 5.26 Å². The summed E-state index contributed by atoms with van der Waals surface area (Å²) in [5.74, 6) is -0.0697. The number of carbonyl (C=O) groups is 1. The van der Waals surface area contributed by atoms with Crippen LogP contribution in [0.5, 0.6) is 0 Å². The van der Waals surface area contributed by atoms with Crippen LogP contribution in [0, 0.1) is 17.1 Å². The Balaban J connectivity index is 1.82. The van der Waals surface area contributed by atoms with Crippen LogP contribution >= 0.6 is 23.3 Å². The Morgan fingerprint density at radius 2 is 2.19 bits per heavy atom. The minimum absolute atomic E-state index is 0.0723. The number of aromatic nitrogens is 3. The number of nitrogens with one attached hydrogen (secondary N) is 1. The first-order valence-electron chi connectivity index (χ1n) is 7.93. The SMILES string of the molecule is CCSc1nsc(NC(=O)/C(C#N)=C\c2cccn2-c2ccc(F)cc2)n1. The van der Waals surface area contributed by atoms with Crippen molar-refractivity contribution in [3.63, 3.8) is 0 Å². The molecule has 2 aromatic heterocycles. The number of hydrogen-bond donors (Lipinski definition) is 1. The fourth-order valence-corrected chi connectivity index (χ4v) is 3.52. The first kappa shape index (κ1) is 18.8. The van der Waals surface area contributed by atoms with Crippen molar-refractivity contribution in [3.8, 4) is 11.8 Å². The molecular weight excluding hydrogens is 385 g/mol. The average Bonchev–Trinajstić information content (AvgIpc) is 3.30. The molecule has 0 radical (unpaired) electrons. The number of hydrogen-bond acceptors (Lipinski definition) is 6. The maximum atomic E-state index is 13.1. The molecule has 1 aromatic carbocycles. The molecule has 0 aliphatic rings. The number of halogens is 1. The van der Waals surface area contributed by atoms with Gasteiger partial charge < -0.3 is 4.57 Å². The van der Waals surface area contributed by atoms with Gasteiger partial charge in [0.1, 0.15) is 17.5 Å². The van der Waals surface area contributed by atoms with E-state index in [2.05, 4.69) is 14.7 Å². The highest BCUT2D eigenvalue weighted by molar-refractivity contribution is 7.99. The van der Waals surface area contributed by atoms with E-state index in [0.717, 1.165) is 23.0 Å². The van der Waals surface area contributed by atoms with E-state index in [-0.39, 0.29) is 11.4 Å². The summed E-state index contributed by atoms with van der Waals surface area (Å²) in [5.41, 5.74) is 1.26. The summed E-state index contributed by atoms with van der Waals surface area (Å²) in [4.78, 5) is 16.6. The lowest BCUT2D eigenvalue weighted by Gasteiger charge is -2.07. The Morgan fingerprint density at radius 3 is 2.89 bits per heavy atom. The molecular formula is C18H14FN5OS2. The summed E-state index contributed by atoms with van der Waals surface area (Å²) < 4.78 is 19.0. The minimum Gasteiger partial charge on any atom is -0.317 e. The van der Waals surface area contributed by atoms with Gasteiger partial charge >= 0.3 is 0 Å². The maximum Gasteiger partial charge on any atom is 0.268 e. The summed E-state index contributed by atoms with van der Waals surface area (Å²) in [7, 11) is 0. The molecule has 6 nitrogen and oxygen atoms in total. The maximum absolute atomic E-state index is 13.1. The Labute approximate surface area is 163 Å². The van der Waals surface area contributed by atoms with Crippen LogP contribution in [0.1, 0.15) is 12.6 Å². The molecule has 136 valence electrons. The first-order chi connectivity index (χ1) is 13.1. The van der Waals surface area contributed by atoms with E-state index in [9.17, 15) is 14.4 Å². The third-order valence-electron chi connectivity index (χ3n) is 3.44. The molecule has 0 saturated carbocycles. The molecule has 0 fully saturated rings. The zero-order valence-corrected chi connectivity index (χ0v) is 15.9. The van der Waals surface area contributed by atoms with E-state index in [0.29, 0.717) is 16.0 Å². The third-order valence-corrected chi connectivity index (χ3v) is 4.92. The highest BCUT2D eigenvalue weighted by Crippen LogP contribution is 2.21. The number of rotatable bonds is 6. The van der Waals surface area contributed by atoms with Crippen LogP contribution in [-0.4, -0.2) is 25.6 Å². The number of anilines is 1. The van der Waals surface area contributed by atoms with Gasteiger partial charge in [0, 0.05) is 29.1 Å². The van der Waals surface area contributed by atoms with Gasteiger partial charge in [0.2, 0.25) is 10.3 Å². The lowest BCUT2D eigenvalue weighted by atomic mass is 10.2. The van der Waals surface area contributed by atoms with Crippen molar-refractivity contribution < 1.29 is 9.18 Å². The third kappa shape index (κ3) is 4.61. The van der Waals surface area contributed by atoms with E-state index >= 15 is 0 Å². The predicted octanol–water partition coefficient (Wildman–Crippen LogP) is 4.13. The lowest BCUT2D eigenvalue weighted by molar-refractivity contribution is -0.112. The summed E-state index contributed by atoms with van der Waals surface area (Å²) in [5, 5.41) is 12.9. The van der Waals surface area contributed by atoms with Crippen LogP contribution in [0.2, 0.25) is 0 Å². The molecule has 0 saturated heterocycles. The number of nitrogens with zero attached hydrogens (tertiary/aromatic N) is 4. The van der Waals surface area contributed by atoms with Crippen molar-refractivity contribution in [2.24, 2.45) is 0 Å². The molecule has 0 spiro atoms. The number of amides is 1. The Bertz CT molecular complexity index is 1020. The number of carbonyl (C=O) groups excluding carboxylic acids is 1. The summed E-state index contributed by atoms with van der Waals surface area (Å²) in [6, 6.07) is 11.4. The molecule has 0 atom stereocenters. The Kier molecular flexibility index (Phi) is 6.01. The van der Waals surface area contributed by atoms with Crippen molar-refractivity contribution in [2.75, 3.05) is 11.1 Å². The molecule has 3 aromatic rings. The highest BCUT2D eigenvalue weighted by atomic mass is 32.2. The second kappa shape index (κ2) is 8.62. The lowest BCUT2D eigenvalue weighted by Crippen LogP contribution is -2.13. The number of nitriles is 1. The van der Waals surface area contributed by atoms with Crippen molar-refractivity contribution >= 4 is 40.4 Å². The van der Waals surface area contributed by atoms with E-state index in [1.165, 1.54) is 30.0 Å². The second-order valence-corrected chi connectivity index (χ2v) is 7.20. The summed E-state index contributed by atoms with van der Waals surface area (Å²) in [6.45, 7) is 1.98. The smallest absolute Gasteiger partial charge is 0.268 e. The molecule has 3 rings (SSSR count). The van der Waals surface area contributed by atoms with Crippen molar-refractivity contribution in [2.45, 2.75) is 12.1 Å². The van der Waals surface area contributed by atoms with Gasteiger partial charge in [-0.25, -0.2) is 4.39 Å².